The van der Waals surface area contributed by atoms with Crippen molar-refractivity contribution in [1.29, 1.82) is 0 Å². The predicted octanol–water partition coefficient (Wildman–Crippen LogP) is 1.14. The Morgan fingerprint density at radius 2 is 2.00 bits per heavy atom. The van der Waals surface area contributed by atoms with Gasteiger partial charge in [0.25, 0.3) is 5.91 Å². The molecule has 2 aliphatic heterocycles. The number of carbonyl (C=O) groups is 1. The minimum absolute atomic E-state index is 0.111. The Balaban J connectivity index is 1.53. The number of hydrogen-bond acceptors (Lipinski definition) is 5. The molecule has 2 saturated heterocycles. The number of pyridine rings is 1. The van der Waals surface area contributed by atoms with E-state index in [9.17, 15) is 26.4 Å². The molecule has 3 rings (SSSR count). The van der Waals surface area contributed by atoms with Gasteiger partial charge in [-0.1, -0.05) is 0 Å². The van der Waals surface area contributed by atoms with E-state index in [1.54, 1.807) is 12.1 Å². The van der Waals surface area contributed by atoms with Gasteiger partial charge in [-0.2, -0.15) is 17.5 Å². The molecular formula is C15H18F3N3O4S. The first-order chi connectivity index (χ1) is 12.2. The zero-order valence-corrected chi connectivity index (χ0v) is 14.5. The van der Waals surface area contributed by atoms with Crippen molar-refractivity contribution in [3.8, 4) is 0 Å². The van der Waals surface area contributed by atoms with Crippen molar-refractivity contribution in [2.45, 2.75) is 24.0 Å². The maximum absolute atomic E-state index is 12.6. The van der Waals surface area contributed by atoms with E-state index in [4.69, 9.17) is 4.74 Å². The molecule has 3 heterocycles. The van der Waals surface area contributed by atoms with E-state index in [2.05, 4.69) is 10.3 Å². The molecule has 0 saturated carbocycles. The summed E-state index contributed by atoms with van der Waals surface area (Å²) in [6.45, 7) is 0.0709. The Bertz CT molecular complexity index is 764. The molecule has 1 atom stereocenters. The van der Waals surface area contributed by atoms with Gasteiger partial charge in [0.2, 0.25) is 0 Å². The van der Waals surface area contributed by atoms with Crippen LogP contribution in [0, 0.1) is 5.92 Å². The third-order valence-corrected chi connectivity index (χ3v) is 6.36. The average Bonchev–Trinajstić information content (AvgIpc) is 2.97. The minimum atomic E-state index is -5.32. The molecule has 1 amide bonds. The lowest BCUT2D eigenvalue weighted by molar-refractivity contribution is -0.113. The molecule has 0 radical (unpaired) electrons. The second-order valence-electron chi connectivity index (χ2n) is 6.40. The number of nitrogens with one attached hydrogen (secondary N) is 1. The lowest BCUT2D eigenvalue weighted by atomic mass is 9.80. The fraction of sp³-hybridized carbons (Fsp3) is 0.600. The van der Waals surface area contributed by atoms with Crippen molar-refractivity contribution in [3.63, 3.8) is 0 Å². The quantitative estimate of drug-likeness (QED) is 0.811. The Morgan fingerprint density at radius 1 is 1.35 bits per heavy atom. The van der Waals surface area contributed by atoms with Crippen LogP contribution in [0.4, 0.5) is 13.2 Å². The van der Waals surface area contributed by atoms with Gasteiger partial charge in [0.05, 0.1) is 5.60 Å². The molecule has 1 N–H and O–H groups in total. The number of hydrogen-bond donors (Lipinski definition) is 1. The monoisotopic (exact) mass is 393 g/mol. The Kier molecular flexibility index (Phi) is 4.97. The molecule has 0 bridgehead atoms. The van der Waals surface area contributed by atoms with Gasteiger partial charge in [0, 0.05) is 44.2 Å². The third kappa shape index (κ3) is 3.42. The zero-order chi connectivity index (χ0) is 19.0. The van der Waals surface area contributed by atoms with Crippen LogP contribution in [0.1, 0.15) is 23.2 Å². The minimum Gasteiger partial charge on any atom is -0.372 e. The van der Waals surface area contributed by atoms with E-state index in [-0.39, 0.29) is 24.9 Å². The molecule has 7 nitrogen and oxygen atoms in total. The van der Waals surface area contributed by atoms with Gasteiger partial charge >= 0.3 is 15.5 Å². The number of alkyl halides is 3. The number of ether oxygens (including phenoxy) is 1. The molecule has 0 aromatic carbocycles. The smallest absolute Gasteiger partial charge is 0.372 e. The summed E-state index contributed by atoms with van der Waals surface area (Å²) in [6.07, 6.45) is 4.11. The first-order valence-corrected chi connectivity index (χ1v) is 9.48. The van der Waals surface area contributed by atoms with Crippen LogP contribution >= 0.6 is 0 Å². The van der Waals surface area contributed by atoms with Crippen LogP contribution in [0.3, 0.4) is 0 Å². The van der Waals surface area contributed by atoms with Gasteiger partial charge in [0.15, 0.2) is 0 Å². The molecule has 144 valence electrons. The van der Waals surface area contributed by atoms with Gasteiger partial charge in [-0.25, -0.2) is 8.42 Å². The molecule has 2 fully saturated rings. The summed E-state index contributed by atoms with van der Waals surface area (Å²) in [5, 5.41) is 2.74. The second-order valence-corrected chi connectivity index (χ2v) is 8.33. The second kappa shape index (κ2) is 6.78. The molecule has 0 aliphatic carbocycles. The Morgan fingerprint density at radius 3 is 2.62 bits per heavy atom. The van der Waals surface area contributed by atoms with Gasteiger partial charge in [-0.05, 0) is 30.9 Å². The van der Waals surface area contributed by atoms with E-state index >= 15 is 0 Å². The number of aromatic nitrogens is 1. The topological polar surface area (TPSA) is 88.6 Å². The number of amides is 1. The Labute approximate surface area is 148 Å². The highest BCUT2D eigenvalue weighted by atomic mass is 32.2. The van der Waals surface area contributed by atoms with Crippen molar-refractivity contribution in [3.05, 3.63) is 30.1 Å². The molecule has 11 heteroatoms. The summed E-state index contributed by atoms with van der Waals surface area (Å²) in [7, 11) is -5.32. The molecule has 2 aliphatic rings. The number of halogens is 3. The Hall–Kier alpha value is -1.72. The maximum atomic E-state index is 12.6. The SMILES string of the molecule is O=C(NCC[C@H]1CCOC12CN(S(=O)(=O)C(F)(F)F)C2)c1ccncc1. The van der Waals surface area contributed by atoms with Crippen LogP contribution in [0.15, 0.2) is 24.5 Å². The first-order valence-electron chi connectivity index (χ1n) is 8.04. The highest BCUT2D eigenvalue weighted by Gasteiger charge is 2.61. The van der Waals surface area contributed by atoms with Crippen molar-refractivity contribution in [2.24, 2.45) is 5.92 Å². The standard InChI is InChI=1S/C15H18F3N3O4S/c16-15(17,18)26(23,24)21-9-14(10-21)12(4-8-25-14)3-7-20-13(22)11-1-5-19-6-2-11/h1-2,5-6,12H,3-4,7-10H2,(H,20,22)/t12-/m0/s1. The number of rotatable bonds is 5. The van der Waals surface area contributed by atoms with Gasteiger partial charge in [-0.3, -0.25) is 9.78 Å². The zero-order valence-electron chi connectivity index (χ0n) is 13.7. The molecule has 26 heavy (non-hydrogen) atoms. The lowest BCUT2D eigenvalue weighted by Crippen LogP contribution is -2.67. The van der Waals surface area contributed by atoms with Gasteiger partial charge in [0.1, 0.15) is 0 Å². The lowest BCUT2D eigenvalue weighted by Gasteiger charge is -2.49. The van der Waals surface area contributed by atoms with E-state index in [0.29, 0.717) is 35.9 Å². The summed E-state index contributed by atoms with van der Waals surface area (Å²) in [5.74, 6) is -0.379. The number of carbonyl (C=O) groups excluding carboxylic acids is 1. The van der Waals surface area contributed by atoms with E-state index in [1.165, 1.54) is 12.4 Å². The molecule has 1 spiro atoms. The van der Waals surface area contributed by atoms with E-state index in [1.807, 2.05) is 0 Å². The normalized spacial score (nSPS) is 23.0. The van der Waals surface area contributed by atoms with Gasteiger partial charge in [-0.15, -0.1) is 0 Å². The summed E-state index contributed by atoms with van der Waals surface area (Å²) in [5.41, 5.74) is -5.73. The van der Waals surface area contributed by atoms with Gasteiger partial charge < -0.3 is 10.1 Å². The maximum Gasteiger partial charge on any atom is 0.511 e. The third-order valence-electron chi connectivity index (χ3n) is 4.84. The van der Waals surface area contributed by atoms with E-state index in [0.717, 1.165) is 0 Å². The van der Waals surface area contributed by atoms with Crippen molar-refractivity contribution in [1.82, 2.24) is 14.6 Å². The number of sulfonamides is 1. The molecule has 0 unspecified atom stereocenters. The van der Waals surface area contributed by atoms with Crippen LogP contribution in [0.25, 0.3) is 0 Å². The fourth-order valence-corrected chi connectivity index (χ4v) is 4.44. The van der Waals surface area contributed by atoms with E-state index < -0.39 is 21.1 Å². The molecular weight excluding hydrogens is 375 g/mol. The number of nitrogens with zero attached hydrogens (tertiary/aromatic N) is 2. The van der Waals surface area contributed by atoms with Crippen LogP contribution in [0.5, 0.6) is 0 Å². The highest BCUT2D eigenvalue weighted by Crippen LogP contribution is 2.44. The highest BCUT2D eigenvalue weighted by molar-refractivity contribution is 7.90. The molecule has 1 aromatic heterocycles. The summed E-state index contributed by atoms with van der Waals surface area (Å²) >= 11 is 0. The summed E-state index contributed by atoms with van der Waals surface area (Å²) < 4.78 is 66.7. The molecule has 1 aromatic rings. The largest absolute Gasteiger partial charge is 0.511 e. The summed E-state index contributed by atoms with van der Waals surface area (Å²) in [6, 6.07) is 3.14. The fourth-order valence-electron chi connectivity index (χ4n) is 3.37. The van der Waals surface area contributed by atoms with Crippen molar-refractivity contribution in [2.75, 3.05) is 26.2 Å². The predicted molar refractivity (Wildman–Crippen MR) is 84.5 cm³/mol. The van der Waals surface area contributed by atoms with Crippen LogP contribution in [-0.4, -0.2) is 61.0 Å². The average molecular weight is 393 g/mol. The van der Waals surface area contributed by atoms with Crippen LogP contribution in [0.2, 0.25) is 0 Å². The van der Waals surface area contributed by atoms with Crippen molar-refractivity contribution >= 4 is 15.9 Å². The van der Waals surface area contributed by atoms with Crippen LogP contribution in [-0.2, 0) is 14.8 Å². The summed E-state index contributed by atoms with van der Waals surface area (Å²) in [4.78, 5) is 15.8. The van der Waals surface area contributed by atoms with Crippen molar-refractivity contribution < 1.29 is 31.1 Å². The van der Waals surface area contributed by atoms with Crippen LogP contribution < -0.4 is 5.32 Å². The first kappa shape index (κ1) is 19.1.